The van der Waals surface area contributed by atoms with Gasteiger partial charge in [-0.1, -0.05) is 42.3 Å². The number of amides is 1. The summed E-state index contributed by atoms with van der Waals surface area (Å²) in [5.41, 5.74) is 1.01. The molecule has 2 N–H and O–H groups in total. The van der Waals surface area contributed by atoms with E-state index in [4.69, 9.17) is 9.88 Å². The molecule has 0 aromatic heterocycles. The third-order valence-corrected chi connectivity index (χ3v) is 3.95. The molecule has 1 fully saturated rings. The van der Waals surface area contributed by atoms with Crippen molar-refractivity contribution in [2.24, 2.45) is 5.14 Å². The number of likely N-dealkylation sites (tertiary alicyclic amines) is 1. The van der Waals surface area contributed by atoms with Crippen LogP contribution in [0, 0.1) is 0 Å². The lowest BCUT2D eigenvalue weighted by Gasteiger charge is -2.30. The number of rotatable bonds is 3. The van der Waals surface area contributed by atoms with Gasteiger partial charge in [-0.2, -0.15) is 0 Å². The maximum atomic E-state index is 11.8. The number of nitrogens with zero attached hydrogens (tertiary/aromatic N) is 1. The summed E-state index contributed by atoms with van der Waals surface area (Å²) in [5.74, 6) is 0. The fourth-order valence-electron chi connectivity index (χ4n) is 1.99. The minimum atomic E-state index is -0.223. The van der Waals surface area contributed by atoms with E-state index in [1.54, 1.807) is 4.90 Å². The minimum absolute atomic E-state index is 0.223. The lowest BCUT2D eigenvalue weighted by atomic mass is 10.1. The first kappa shape index (κ1) is 13.2. The summed E-state index contributed by atoms with van der Waals surface area (Å²) in [7, 11) is 0. The van der Waals surface area contributed by atoms with E-state index in [-0.39, 0.29) is 6.09 Å². The number of hydrogen-bond donors (Lipinski definition) is 1. The van der Waals surface area contributed by atoms with E-state index in [2.05, 4.69) is 0 Å². The molecule has 0 saturated carbocycles. The molecule has 0 unspecified atom stereocenters. The maximum Gasteiger partial charge on any atom is 0.410 e. The first-order chi connectivity index (χ1) is 8.79. The van der Waals surface area contributed by atoms with Crippen molar-refractivity contribution in [3.8, 4) is 0 Å². The zero-order chi connectivity index (χ0) is 12.8. The lowest BCUT2D eigenvalue weighted by Crippen LogP contribution is -2.39. The Morgan fingerprint density at radius 3 is 2.61 bits per heavy atom. The van der Waals surface area contributed by atoms with Crippen LogP contribution < -0.4 is 5.14 Å². The topological polar surface area (TPSA) is 55.6 Å². The molecule has 4 nitrogen and oxygen atoms in total. The van der Waals surface area contributed by atoms with Crippen LogP contribution in [0.4, 0.5) is 4.79 Å². The molecule has 98 valence electrons. The average molecular weight is 266 g/mol. The molecule has 0 spiro atoms. The van der Waals surface area contributed by atoms with Crippen molar-refractivity contribution < 1.29 is 9.53 Å². The molecule has 0 radical (unpaired) electrons. The van der Waals surface area contributed by atoms with Gasteiger partial charge in [-0.15, -0.1) is 0 Å². The van der Waals surface area contributed by atoms with Gasteiger partial charge in [-0.05, 0) is 18.4 Å². The van der Waals surface area contributed by atoms with Gasteiger partial charge in [0.1, 0.15) is 6.61 Å². The van der Waals surface area contributed by atoms with Gasteiger partial charge in [-0.25, -0.2) is 4.79 Å². The Kier molecular flexibility index (Phi) is 4.90. The molecule has 0 aliphatic carbocycles. The first-order valence-corrected chi connectivity index (χ1v) is 7.05. The summed E-state index contributed by atoms with van der Waals surface area (Å²) in [4.78, 5) is 13.6. The largest absolute Gasteiger partial charge is 0.445 e. The van der Waals surface area contributed by atoms with Crippen LogP contribution in [0.2, 0.25) is 0 Å². The van der Waals surface area contributed by atoms with Gasteiger partial charge in [0, 0.05) is 18.3 Å². The highest BCUT2D eigenvalue weighted by Gasteiger charge is 2.23. The highest BCUT2D eigenvalue weighted by molar-refractivity contribution is 7.97. The van der Waals surface area contributed by atoms with Crippen molar-refractivity contribution in [2.45, 2.75) is 24.7 Å². The maximum absolute atomic E-state index is 11.8. The molecule has 5 heteroatoms. The summed E-state index contributed by atoms with van der Waals surface area (Å²) >= 11 is 1.39. The second-order valence-electron chi connectivity index (χ2n) is 4.36. The van der Waals surface area contributed by atoms with Gasteiger partial charge in [-0.3, -0.25) is 5.14 Å². The van der Waals surface area contributed by atoms with Crippen molar-refractivity contribution in [3.05, 3.63) is 35.9 Å². The van der Waals surface area contributed by atoms with Crippen LogP contribution >= 0.6 is 11.9 Å². The van der Waals surface area contributed by atoms with Gasteiger partial charge in [0.05, 0.1) is 0 Å². The number of carbonyl (C=O) groups excluding carboxylic acids is 1. The SMILES string of the molecule is NSC1CCN(C(=O)OCc2ccccc2)CC1. The predicted molar refractivity (Wildman–Crippen MR) is 73.0 cm³/mol. The Balaban J connectivity index is 1.75. The number of nitrogens with two attached hydrogens (primary N) is 1. The number of piperidine rings is 1. The van der Waals surface area contributed by atoms with E-state index in [0.717, 1.165) is 31.5 Å². The molecule has 18 heavy (non-hydrogen) atoms. The monoisotopic (exact) mass is 266 g/mol. The Morgan fingerprint density at radius 1 is 1.33 bits per heavy atom. The lowest BCUT2D eigenvalue weighted by molar-refractivity contribution is 0.0901. The van der Waals surface area contributed by atoms with Gasteiger partial charge in [0.2, 0.25) is 0 Å². The normalized spacial score (nSPS) is 16.6. The standard InChI is InChI=1S/C13H18N2O2S/c14-18-12-6-8-15(9-7-12)13(16)17-10-11-4-2-1-3-5-11/h1-5,12H,6-10,14H2. The summed E-state index contributed by atoms with van der Waals surface area (Å²) in [6, 6.07) is 9.72. The molecule has 1 heterocycles. The fourth-order valence-corrected chi connectivity index (χ4v) is 2.47. The Labute approximate surface area is 112 Å². The molecule has 0 bridgehead atoms. The predicted octanol–water partition coefficient (Wildman–Crippen LogP) is 2.39. The number of ether oxygens (including phenoxy) is 1. The summed E-state index contributed by atoms with van der Waals surface area (Å²) < 4.78 is 5.29. The first-order valence-electron chi connectivity index (χ1n) is 6.11. The van der Waals surface area contributed by atoms with Crippen molar-refractivity contribution >= 4 is 18.0 Å². The van der Waals surface area contributed by atoms with Crippen molar-refractivity contribution in [3.63, 3.8) is 0 Å². The van der Waals surface area contributed by atoms with Crippen LogP contribution in [0.15, 0.2) is 30.3 Å². The highest BCUT2D eigenvalue weighted by atomic mass is 32.2. The second-order valence-corrected chi connectivity index (χ2v) is 5.30. The smallest absolute Gasteiger partial charge is 0.410 e. The molecule has 1 aromatic carbocycles. The van der Waals surface area contributed by atoms with Gasteiger partial charge in [0.15, 0.2) is 0 Å². The third-order valence-electron chi connectivity index (χ3n) is 3.10. The quantitative estimate of drug-likeness (QED) is 0.854. The van der Waals surface area contributed by atoms with Gasteiger partial charge >= 0.3 is 6.09 Å². The van der Waals surface area contributed by atoms with Crippen LogP contribution in [-0.4, -0.2) is 29.3 Å². The van der Waals surface area contributed by atoms with Crippen LogP contribution in [0.3, 0.4) is 0 Å². The molecular weight excluding hydrogens is 248 g/mol. The van der Waals surface area contributed by atoms with Gasteiger partial charge in [0.25, 0.3) is 0 Å². The van der Waals surface area contributed by atoms with Crippen LogP contribution in [0.5, 0.6) is 0 Å². The molecule has 1 aromatic rings. The molecule has 2 rings (SSSR count). The van der Waals surface area contributed by atoms with Crippen molar-refractivity contribution in [1.29, 1.82) is 0 Å². The zero-order valence-corrected chi connectivity index (χ0v) is 11.1. The van der Waals surface area contributed by atoms with Crippen LogP contribution in [0.1, 0.15) is 18.4 Å². The molecule has 1 aliphatic rings. The zero-order valence-electron chi connectivity index (χ0n) is 10.2. The van der Waals surface area contributed by atoms with Gasteiger partial charge < -0.3 is 9.64 Å². The van der Waals surface area contributed by atoms with E-state index < -0.39 is 0 Å². The molecule has 1 saturated heterocycles. The minimum Gasteiger partial charge on any atom is -0.445 e. The van der Waals surface area contributed by atoms with Crippen LogP contribution in [0.25, 0.3) is 0 Å². The van der Waals surface area contributed by atoms with Crippen molar-refractivity contribution in [1.82, 2.24) is 4.90 Å². The van der Waals surface area contributed by atoms with Crippen molar-refractivity contribution in [2.75, 3.05) is 13.1 Å². The molecule has 1 amide bonds. The highest BCUT2D eigenvalue weighted by Crippen LogP contribution is 2.19. The number of hydrogen-bond acceptors (Lipinski definition) is 4. The summed E-state index contributed by atoms with van der Waals surface area (Å²) in [5, 5.41) is 6.02. The fraction of sp³-hybridized carbons (Fsp3) is 0.462. The Hall–Kier alpha value is -1.20. The van der Waals surface area contributed by atoms with E-state index in [9.17, 15) is 4.79 Å². The average Bonchev–Trinajstić information content (AvgIpc) is 2.46. The third kappa shape index (κ3) is 3.65. The number of benzene rings is 1. The van der Waals surface area contributed by atoms with E-state index in [0.29, 0.717) is 11.9 Å². The molecular formula is C13H18N2O2S. The molecule has 0 atom stereocenters. The van der Waals surface area contributed by atoms with E-state index >= 15 is 0 Å². The Morgan fingerprint density at radius 2 is 2.00 bits per heavy atom. The van der Waals surface area contributed by atoms with E-state index in [1.165, 1.54) is 11.9 Å². The number of carbonyl (C=O) groups is 1. The summed E-state index contributed by atoms with van der Waals surface area (Å²) in [6.45, 7) is 1.82. The summed E-state index contributed by atoms with van der Waals surface area (Å²) in [6.07, 6.45) is 1.67. The van der Waals surface area contributed by atoms with E-state index in [1.807, 2.05) is 30.3 Å². The molecule has 1 aliphatic heterocycles. The Bertz CT molecular complexity index is 378. The van der Waals surface area contributed by atoms with Crippen LogP contribution in [-0.2, 0) is 11.3 Å². The second kappa shape index (κ2) is 6.66.